The van der Waals surface area contributed by atoms with E-state index in [9.17, 15) is 19.5 Å². The van der Waals surface area contributed by atoms with Crippen molar-refractivity contribution in [2.75, 3.05) is 31.8 Å². The van der Waals surface area contributed by atoms with Crippen molar-refractivity contribution in [2.45, 2.75) is 32.7 Å². The van der Waals surface area contributed by atoms with Gasteiger partial charge in [0.2, 0.25) is 0 Å². The predicted octanol–water partition coefficient (Wildman–Crippen LogP) is 2.59. The van der Waals surface area contributed by atoms with Gasteiger partial charge in [0.15, 0.2) is 5.69 Å². The second-order valence-electron chi connectivity index (χ2n) is 7.85. The first-order valence-corrected chi connectivity index (χ1v) is 10.3. The lowest BCUT2D eigenvalue weighted by Crippen LogP contribution is -2.59. The highest BCUT2D eigenvalue weighted by atomic mass is 16.5. The highest BCUT2D eigenvalue weighted by molar-refractivity contribution is 6.03. The molecule has 0 saturated heterocycles. The molecule has 1 aromatic carbocycles. The Hall–Kier alpha value is -3.62. The Labute approximate surface area is 186 Å². The summed E-state index contributed by atoms with van der Waals surface area (Å²) in [4.78, 5) is 44.6. The van der Waals surface area contributed by atoms with Crippen LogP contribution < -0.4 is 9.64 Å². The number of aliphatic carboxylic acids is 1. The van der Waals surface area contributed by atoms with Gasteiger partial charge in [-0.25, -0.2) is 14.6 Å². The van der Waals surface area contributed by atoms with Crippen LogP contribution in [0.2, 0.25) is 0 Å². The number of para-hydroxylation sites is 1. The number of rotatable bonds is 8. The normalized spacial score (nSPS) is 13.6. The number of aromatic nitrogens is 1. The number of pyridine rings is 1. The topological polar surface area (TPSA) is 109 Å². The molecule has 32 heavy (non-hydrogen) atoms. The minimum Gasteiger partial charge on any atom is -0.496 e. The molecule has 1 aromatic heterocycles. The van der Waals surface area contributed by atoms with Gasteiger partial charge in [0.25, 0.3) is 5.91 Å². The van der Waals surface area contributed by atoms with Gasteiger partial charge in [0.1, 0.15) is 17.0 Å². The van der Waals surface area contributed by atoms with E-state index < -0.39 is 23.4 Å². The van der Waals surface area contributed by atoms with Gasteiger partial charge in [0, 0.05) is 6.54 Å². The van der Waals surface area contributed by atoms with E-state index in [2.05, 4.69) is 4.98 Å². The summed E-state index contributed by atoms with van der Waals surface area (Å²) in [7, 11) is 1.60. The molecule has 0 radical (unpaired) electrons. The van der Waals surface area contributed by atoms with E-state index in [4.69, 9.17) is 9.47 Å². The van der Waals surface area contributed by atoms with Crippen LogP contribution in [0.15, 0.2) is 36.4 Å². The summed E-state index contributed by atoms with van der Waals surface area (Å²) in [5.74, 6) is -1.58. The molecule has 9 nitrogen and oxygen atoms in total. The van der Waals surface area contributed by atoms with Gasteiger partial charge in [-0.3, -0.25) is 4.79 Å². The largest absolute Gasteiger partial charge is 0.496 e. The number of carbonyl (C=O) groups is 3. The molecule has 170 valence electrons. The number of carbonyl (C=O) groups excluding carboxylic acids is 2. The van der Waals surface area contributed by atoms with E-state index in [0.29, 0.717) is 18.7 Å². The van der Waals surface area contributed by atoms with Crippen molar-refractivity contribution in [2.24, 2.45) is 0 Å². The predicted molar refractivity (Wildman–Crippen MR) is 117 cm³/mol. The number of nitrogens with zero attached hydrogens (tertiary/aromatic N) is 3. The van der Waals surface area contributed by atoms with Gasteiger partial charge in [0.05, 0.1) is 26.1 Å². The van der Waals surface area contributed by atoms with E-state index in [1.807, 2.05) is 29.2 Å². The molecule has 0 aliphatic carbocycles. The quantitative estimate of drug-likeness (QED) is 0.623. The molecule has 2 heterocycles. The van der Waals surface area contributed by atoms with E-state index in [0.717, 1.165) is 11.3 Å². The number of carboxylic acids is 1. The maximum Gasteiger partial charge on any atom is 0.356 e. The summed E-state index contributed by atoms with van der Waals surface area (Å²) in [6.07, 6.45) is 0.596. The molecule has 9 heteroatoms. The minimum atomic E-state index is -1.47. The maximum absolute atomic E-state index is 13.2. The molecule has 1 aliphatic heterocycles. The average molecular weight is 441 g/mol. The molecule has 1 aliphatic rings. The third-order valence-electron chi connectivity index (χ3n) is 5.50. The lowest BCUT2D eigenvalue weighted by atomic mass is 10.0. The van der Waals surface area contributed by atoms with Crippen molar-refractivity contribution >= 4 is 23.5 Å². The Morgan fingerprint density at radius 1 is 1.19 bits per heavy atom. The first-order valence-electron chi connectivity index (χ1n) is 10.3. The van der Waals surface area contributed by atoms with Crippen molar-refractivity contribution in [3.05, 3.63) is 53.3 Å². The lowest BCUT2D eigenvalue weighted by molar-refractivity contribution is -0.147. The van der Waals surface area contributed by atoms with Gasteiger partial charge >= 0.3 is 11.9 Å². The lowest BCUT2D eigenvalue weighted by Gasteiger charge is -2.43. The number of esters is 1. The van der Waals surface area contributed by atoms with Crippen LogP contribution in [0, 0.1) is 0 Å². The smallest absolute Gasteiger partial charge is 0.356 e. The van der Waals surface area contributed by atoms with Gasteiger partial charge < -0.3 is 24.4 Å². The summed E-state index contributed by atoms with van der Waals surface area (Å²) in [5.41, 5.74) is 0.0674. The molecule has 0 unspecified atom stereocenters. The van der Waals surface area contributed by atoms with Crippen LogP contribution in [0.4, 0.5) is 5.69 Å². The number of benzene rings is 1. The van der Waals surface area contributed by atoms with Gasteiger partial charge in [-0.1, -0.05) is 18.2 Å². The van der Waals surface area contributed by atoms with Crippen molar-refractivity contribution in [3.63, 3.8) is 0 Å². The van der Waals surface area contributed by atoms with Crippen LogP contribution in [0.1, 0.15) is 47.3 Å². The standard InChI is InChI=1S/C23H27N3O6/c1-5-32-21(28)16-10-11-17-19(24-16)20(27)26(23(2,3)22(29)30)14-25(17)13-12-15-8-6-7-9-18(15)31-4/h6-11H,5,12-14H2,1-4H3,(H,29,30). The Morgan fingerprint density at radius 3 is 2.56 bits per heavy atom. The van der Waals surface area contributed by atoms with E-state index in [1.165, 1.54) is 24.8 Å². The zero-order valence-electron chi connectivity index (χ0n) is 18.6. The third-order valence-corrected chi connectivity index (χ3v) is 5.50. The number of amides is 1. The molecule has 0 saturated carbocycles. The molecule has 0 bridgehead atoms. The molecule has 0 atom stereocenters. The van der Waals surface area contributed by atoms with Crippen LogP contribution in [0.3, 0.4) is 0 Å². The van der Waals surface area contributed by atoms with Crippen LogP contribution in [0.5, 0.6) is 5.75 Å². The summed E-state index contributed by atoms with van der Waals surface area (Å²) in [5, 5.41) is 9.71. The number of hydrogen-bond acceptors (Lipinski definition) is 7. The molecular weight excluding hydrogens is 414 g/mol. The summed E-state index contributed by atoms with van der Waals surface area (Å²) < 4.78 is 10.4. The van der Waals surface area contributed by atoms with E-state index >= 15 is 0 Å². The van der Waals surface area contributed by atoms with Gasteiger partial charge in [-0.15, -0.1) is 0 Å². The van der Waals surface area contributed by atoms with Crippen LogP contribution in [0.25, 0.3) is 0 Å². The van der Waals surface area contributed by atoms with Crippen molar-refractivity contribution in [1.29, 1.82) is 0 Å². The molecule has 1 amide bonds. The fourth-order valence-electron chi connectivity index (χ4n) is 3.52. The summed E-state index contributed by atoms with van der Waals surface area (Å²) >= 11 is 0. The van der Waals surface area contributed by atoms with Crippen LogP contribution >= 0.6 is 0 Å². The highest BCUT2D eigenvalue weighted by Gasteiger charge is 2.43. The third kappa shape index (κ3) is 4.37. The van der Waals surface area contributed by atoms with Gasteiger partial charge in [-0.2, -0.15) is 0 Å². The monoisotopic (exact) mass is 441 g/mol. The number of hydrogen-bond donors (Lipinski definition) is 1. The molecule has 1 N–H and O–H groups in total. The van der Waals surface area contributed by atoms with Crippen LogP contribution in [-0.2, 0) is 16.0 Å². The first-order chi connectivity index (χ1) is 15.2. The minimum absolute atomic E-state index is 0.00129. The molecule has 0 spiro atoms. The zero-order valence-corrected chi connectivity index (χ0v) is 18.6. The fourth-order valence-corrected chi connectivity index (χ4v) is 3.52. The average Bonchev–Trinajstić information content (AvgIpc) is 2.78. The number of ether oxygens (including phenoxy) is 2. The zero-order chi connectivity index (χ0) is 23.5. The highest BCUT2D eigenvalue weighted by Crippen LogP contribution is 2.31. The Balaban J connectivity index is 1.99. The van der Waals surface area contributed by atoms with Crippen molar-refractivity contribution < 1.29 is 29.0 Å². The molecule has 2 aromatic rings. The Kier molecular flexibility index (Phi) is 6.67. The summed E-state index contributed by atoms with van der Waals surface area (Å²) in [6.45, 7) is 5.33. The van der Waals surface area contributed by atoms with Crippen molar-refractivity contribution in [3.8, 4) is 5.75 Å². The Morgan fingerprint density at radius 2 is 1.91 bits per heavy atom. The second-order valence-corrected chi connectivity index (χ2v) is 7.85. The fraction of sp³-hybridized carbons (Fsp3) is 0.391. The van der Waals surface area contributed by atoms with Gasteiger partial charge in [-0.05, 0) is 51.0 Å². The van der Waals surface area contributed by atoms with Crippen molar-refractivity contribution in [1.82, 2.24) is 9.88 Å². The number of anilines is 1. The molecule has 3 rings (SSSR count). The second kappa shape index (κ2) is 9.25. The Bertz CT molecular complexity index is 1040. The van der Waals surface area contributed by atoms with E-state index in [1.54, 1.807) is 20.1 Å². The first kappa shape index (κ1) is 23.1. The summed E-state index contributed by atoms with van der Waals surface area (Å²) in [6, 6.07) is 10.8. The van der Waals surface area contributed by atoms with Crippen LogP contribution in [-0.4, -0.2) is 65.3 Å². The van der Waals surface area contributed by atoms with E-state index in [-0.39, 0.29) is 24.7 Å². The molecular formula is C23H27N3O6. The SMILES string of the molecule is CCOC(=O)c1ccc2c(n1)C(=O)N(C(C)(C)C(=O)O)CN2CCc1ccccc1OC. The number of methoxy groups -OCH3 is 1. The molecule has 0 fully saturated rings. The maximum atomic E-state index is 13.2. The number of fused-ring (bicyclic) bond motifs is 1. The number of carboxylic acid groups (broad SMARTS) is 1.